The zero-order chi connectivity index (χ0) is 12.5. The molecule has 1 heterocycles. The molecule has 1 rings (SSSR count). The topological polar surface area (TPSA) is 20.3 Å². The van der Waals surface area contributed by atoms with Crippen LogP contribution in [0.2, 0.25) is 0 Å². The molecule has 1 aliphatic rings. The van der Waals surface area contributed by atoms with Crippen LogP contribution < -0.4 is 0 Å². The van der Waals surface area contributed by atoms with Crippen molar-refractivity contribution in [3.05, 3.63) is 0 Å². The number of amides is 1. The number of carbonyl (C=O) groups excluding carboxylic acids is 1. The first kappa shape index (κ1) is 13.4. The summed E-state index contributed by atoms with van der Waals surface area (Å²) in [6.45, 7) is 9.34. The van der Waals surface area contributed by atoms with Crippen LogP contribution in [0.15, 0.2) is 0 Å². The van der Waals surface area contributed by atoms with Gasteiger partial charge >= 0.3 is 6.43 Å². The van der Waals surface area contributed by atoms with Gasteiger partial charge in [0.2, 0.25) is 0 Å². The highest BCUT2D eigenvalue weighted by atomic mass is 19.3. The third kappa shape index (κ3) is 2.71. The van der Waals surface area contributed by atoms with Crippen LogP contribution in [0.4, 0.5) is 8.78 Å². The SMILES string of the molecule is CCC1CN(C(=O)C(F)F)CC1C(C)(C)C. The summed E-state index contributed by atoms with van der Waals surface area (Å²) in [4.78, 5) is 12.6. The fraction of sp³-hybridized carbons (Fsp3) is 0.917. The minimum atomic E-state index is -2.86. The van der Waals surface area contributed by atoms with E-state index in [-0.39, 0.29) is 5.41 Å². The van der Waals surface area contributed by atoms with Crippen molar-refractivity contribution in [1.29, 1.82) is 0 Å². The normalized spacial score (nSPS) is 26.6. The monoisotopic (exact) mass is 233 g/mol. The molecule has 0 aromatic heterocycles. The Labute approximate surface area is 96.0 Å². The van der Waals surface area contributed by atoms with Gasteiger partial charge in [-0.15, -0.1) is 0 Å². The summed E-state index contributed by atoms with van der Waals surface area (Å²) < 4.78 is 24.7. The zero-order valence-electron chi connectivity index (χ0n) is 10.5. The molecule has 0 saturated carbocycles. The largest absolute Gasteiger partial charge is 0.337 e. The van der Waals surface area contributed by atoms with Crippen molar-refractivity contribution in [2.24, 2.45) is 17.3 Å². The molecular formula is C12H21F2NO. The van der Waals surface area contributed by atoms with E-state index in [9.17, 15) is 13.6 Å². The summed E-state index contributed by atoms with van der Waals surface area (Å²) >= 11 is 0. The van der Waals surface area contributed by atoms with Crippen molar-refractivity contribution >= 4 is 5.91 Å². The summed E-state index contributed by atoms with van der Waals surface area (Å²) in [5, 5.41) is 0. The van der Waals surface area contributed by atoms with Gasteiger partial charge in [-0.1, -0.05) is 34.1 Å². The van der Waals surface area contributed by atoms with Gasteiger partial charge in [0.15, 0.2) is 0 Å². The van der Waals surface area contributed by atoms with Crippen molar-refractivity contribution in [2.75, 3.05) is 13.1 Å². The Morgan fingerprint density at radius 1 is 1.38 bits per heavy atom. The first-order chi connectivity index (χ1) is 7.27. The van der Waals surface area contributed by atoms with Crippen LogP contribution >= 0.6 is 0 Å². The van der Waals surface area contributed by atoms with E-state index < -0.39 is 12.3 Å². The molecule has 1 saturated heterocycles. The standard InChI is InChI=1S/C12H21F2NO/c1-5-8-6-15(11(16)10(13)14)7-9(8)12(2,3)4/h8-10H,5-7H2,1-4H3. The number of halogens is 2. The number of nitrogens with zero attached hydrogens (tertiary/aromatic N) is 1. The predicted molar refractivity (Wildman–Crippen MR) is 59.3 cm³/mol. The lowest BCUT2D eigenvalue weighted by Gasteiger charge is -2.30. The average Bonchev–Trinajstić information content (AvgIpc) is 2.59. The van der Waals surface area contributed by atoms with E-state index in [0.717, 1.165) is 6.42 Å². The van der Waals surface area contributed by atoms with Crippen LogP contribution in [0.5, 0.6) is 0 Å². The predicted octanol–water partition coefficient (Wildman–Crippen LogP) is 2.78. The van der Waals surface area contributed by atoms with E-state index in [0.29, 0.717) is 24.9 Å². The second-order valence-electron chi connectivity index (χ2n) is 5.68. The molecule has 1 aliphatic heterocycles. The van der Waals surface area contributed by atoms with Crippen molar-refractivity contribution in [3.63, 3.8) is 0 Å². The maximum absolute atomic E-state index is 12.3. The number of carbonyl (C=O) groups is 1. The quantitative estimate of drug-likeness (QED) is 0.718. The van der Waals surface area contributed by atoms with Crippen LogP contribution in [0.25, 0.3) is 0 Å². The third-order valence-electron chi connectivity index (χ3n) is 3.58. The molecule has 0 N–H and O–H groups in total. The Kier molecular flexibility index (Phi) is 3.92. The molecule has 1 fully saturated rings. The van der Waals surface area contributed by atoms with Crippen LogP contribution in [-0.2, 0) is 4.79 Å². The van der Waals surface area contributed by atoms with Gasteiger partial charge in [0.25, 0.3) is 5.91 Å². The molecule has 1 amide bonds. The van der Waals surface area contributed by atoms with Gasteiger partial charge < -0.3 is 4.90 Å². The lowest BCUT2D eigenvalue weighted by Crippen LogP contribution is -2.35. The number of rotatable bonds is 2. The highest BCUT2D eigenvalue weighted by Crippen LogP contribution is 2.39. The maximum atomic E-state index is 12.3. The van der Waals surface area contributed by atoms with Gasteiger partial charge in [-0.2, -0.15) is 8.78 Å². The molecule has 0 bridgehead atoms. The van der Waals surface area contributed by atoms with E-state index in [1.165, 1.54) is 4.90 Å². The first-order valence-corrected chi connectivity index (χ1v) is 5.84. The Morgan fingerprint density at radius 3 is 2.25 bits per heavy atom. The smallest absolute Gasteiger partial charge is 0.315 e. The van der Waals surface area contributed by atoms with Crippen LogP contribution in [0.1, 0.15) is 34.1 Å². The van der Waals surface area contributed by atoms with Crippen molar-refractivity contribution in [3.8, 4) is 0 Å². The summed E-state index contributed by atoms with van der Waals surface area (Å²) in [6.07, 6.45) is -1.93. The fourth-order valence-electron chi connectivity index (χ4n) is 2.58. The lowest BCUT2D eigenvalue weighted by molar-refractivity contribution is -0.142. The summed E-state index contributed by atoms with van der Waals surface area (Å²) in [5.74, 6) is -0.340. The van der Waals surface area contributed by atoms with Gasteiger partial charge in [0.05, 0.1) is 0 Å². The van der Waals surface area contributed by atoms with E-state index in [4.69, 9.17) is 0 Å². The van der Waals surface area contributed by atoms with Gasteiger partial charge in [-0.25, -0.2) is 0 Å². The maximum Gasteiger partial charge on any atom is 0.315 e. The minimum Gasteiger partial charge on any atom is -0.337 e. The number of hydrogen-bond acceptors (Lipinski definition) is 1. The highest BCUT2D eigenvalue weighted by molar-refractivity contribution is 5.79. The number of likely N-dealkylation sites (tertiary alicyclic amines) is 1. The van der Waals surface area contributed by atoms with Crippen LogP contribution in [0, 0.1) is 17.3 Å². The molecule has 4 heteroatoms. The molecule has 94 valence electrons. The zero-order valence-corrected chi connectivity index (χ0v) is 10.5. The van der Waals surface area contributed by atoms with Gasteiger partial charge in [-0.3, -0.25) is 4.79 Å². The molecule has 2 nitrogen and oxygen atoms in total. The molecule has 2 atom stereocenters. The van der Waals surface area contributed by atoms with Crippen molar-refractivity contribution < 1.29 is 13.6 Å². The fourth-order valence-corrected chi connectivity index (χ4v) is 2.58. The van der Waals surface area contributed by atoms with E-state index in [1.54, 1.807) is 0 Å². The molecule has 2 unspecified atom stereocenters. The van der Waals surface area contributed by atoms with E-state index in [1.807, 2.05) is 0 Å². The summed E-state index contributed by atoms with van der Waals surface area (Å²) in [7, 11) is 0. The second-order valence-corrected chi connectivity index (χ2v) is 5.68. The molecule has 0 aromatic carbocycles. The minimum absolute atomic E-state index is 0.0673. The van der Waals surface area contributed by atoms with Crippen molar-refractivity contribution in [2.45, 2.75) is 40.5 Å². The van der Waals surface area contributed by atoms with E-state index in [2.05, 4.69) is 27.7 Å². The van der Waals surface area contributed by atoms with Crippen LogP contribution in [0.3, 0.4) is 0 Å². The first-order valence-electron chi connectivity index (χ1n) is 5.84. The Bertz CT molecular complexity index is 260. The molecule has 0 spiro atoms. The van der Waals surface area contributed by atoms with Crippen LogP contribution in [-0.4, -0.2) is 30.3 Å². The highest BCUT2D eigenvalue weighted by Gasteiger charge is 2.41. The Morgan fingerprint density at radius 2 is 1.94 bits per heavy atom. The van der Waals surface area contributed by atoms with Crippen molar-refractivity contribution in [1.82, 2.24) is 4.90 Å². The van der Waals surface area contributed by atoms with Gasteiger partial charge in [0, 0.05) is 13.1 Å². The average molecular weight is 233 g/mol. The molecule has 16 heavy (non-hydrogen) atoms. The van der Waals surface area contributed by atoms with Gasteiger partial charge in [-0.05, 0) is 17.3 Å². The molecule has 0 radical (unpaired) electrons. The lowest BCUT2D eigenvalue weighted by atomic mass is 9.74. The molecular weight excluding hydrogens is 212 g/mol. The Hall–Kier alpha value is -0.670. The number of alkyl halides is 2. The molecule has 0 aliphatic carbocycles. The van der Waals surface area contributed by atoms with Gasteiger partial charge in [0.1, 0.15) is 0 Å². The third-order valence-corrected chi connectivity index (χ3v) is 3.58. The molecule has 0 aromatic rings. The Balaban J connectivity index is 2.74. The summed E-state index contributed by atoms with van der Waals surface area (Å²) in [6, 6.07) is 0. The second kappa shape index (κ2) is 4.68. The number of hydrogen-bond donors (Lipinski definition) is 0. The summed E-state index contributed by atoms with van der Waals surface area (Å²) in [5.41, 5.74) is 0.0673. The van der Waals surface area contributed by atoms with E-state index >= 15 is 0 Å².